The number of ether oxygens (including phenoxy) is 1. The molecule has 37 heavy (non-hydrogen) atoms. The SMILES string of the molecule is NC(=O)Oc1ccnc(-c2ncc(CNC(=O)c3ccc4c(c3)NC(=O)c3ccccc3S4(=O)=O)s2)c1. The summed E-state index contributed by atoms with van der Waals surface area (Å²) in [7, 11) is -3.96. The molecule has 1 aliphatic rings. The van der Waals surface area contributed by atoms with E-state index in [9.17, 15) is 22.8 Å². The lowest BCUT2D eigenvalue weighted by Gasteiger charge is -2.10. The van der Waals surface area contributed by atoms with Crippen LogP contribution in [0.3, 0.4) is 0 Å². The molecule has 0 atom stereocenters. The number of primary amides is 1. The molecule has 0 fully saturated rings. The number of sulfone groups is 1. The molecule has 2 aromatic heterocycles. The zero-order valence-electron chi connectivity index (χ0n) is 18.8. The first-order valence-corrected chi connectivity index (χ1v) is 13.0. The minimum absolute atomic E-state index is 0.0260. The third-order valence-electron chi connectivity index (χ3n) is 5.35. The maximum Gasteiger partial charge on any atom is 0.409 e. The van der Waals surface area contributed by atoms with Crippen molar-refractivity contribution in [3.05, 3.63) is 83.0 Å². The highest BCUT2D eigenvalue weighted by Crippen LogP contribution is 2.34. The van der Waals surface area contributed by atoms with Crippen molar-refractivity contribution in [1.82, 2.24) is 15.3 Å². The number of carbonyl (C=O) groups excluding carboxylic acids is 3. The maximum atomic E-state index is 13.1. The van der Waals surface area contributed by atoms with Crippen LogP contribution in [0.2, 0.25) is 0 Å². The number of nitrogens with one attached hydrogen (secondary N) is 2. The molecule has 1 aliphatic heterocycles. The molecule has 0 unspecified atom stereocenters. The number of nitrogens with two attached hydrogens (primary N) is 1. The normalized spacial score (nSPS) is 13.5. The van der Waals surface area contributed by atoms with Crippen LogP contribution >= 0.6 is 11.3 Å². The third kappa shape index (κ3) is 4.77. The summed E-state index contributed by atoms with van der Waals surface area (Å²) in [6.07, 6.45) is 2.08. The summed E-state index contributed by atoms with van der Waals surface area (Å²) in [5.41, 5.74) is 5.73. The Morgan fingerprint density at radius 2 is 1.86 bits per heavy atom. The number of nitrogens with zero attached hydrogens (tertiary/aromatic N) is 2. The quantitative estimate of drug-likeness (QED) is 0.350. The number of carbonyl (C=O) groups is 3. The zero-order chi connectivity index (χ0) is 26.2. The molecule has 13 heteroatoms. The van der Waals surface area contributed by atoms with Crippen LogP contribution < -0.4 is 21.1 Å². The van der Waals surface area contributed by atoms with Gasteiger partial charge in [0.2, 0.25) is 9.84 Å². The summed E-state index contributed by atoms with van der Waals surface area (Å²) in [5.74, 6) is -0.823. The van der Waals surface area contributed by atoms with Crippen molar-refractivity contribution in [3.63, 3.8) is 0 Å². The van der Waals surface area contributed by atoms with Gasteiger partial charge in [-0.25, -0.2) is 18.2 Å². The fourth-order valence-electron chi connectivity index (χ4n) is 3.68. The topological polar surface area (TPSA) is 170 Å². The van der Waals surface area contributed by atoms with Crippen molar-refractivity contribution in [3.8, 4) is 16.5 Å². The second-order valence-electron chi connectivity index (χ2n) is 7.78. The van der Waals surface area contributed by atoms with Gasteiger partial charge in [-0.1, -0.05) is 12.1 Å². The lowest BCUT2D eigenvalue weighted by Crippen LogP contribution is -2.22. The van der Waals surface area contributed by atoms with Gasteiger partial charge in [0.15, 0.2) is 0 Å². The molecule has 3 heterocycles. The summed E-state index contributed by atoms with van der Waals surface area (Å²) < 4.78 is 31.1. The van der Waals surface area contributed by atoms with Crippen LogP contribution in [0.1, 0.15) is 25.6 Å². The number of aromatic nitrogens is 2. The molecule has 0 spiro atoms. The first kappa shape index (κ1) is 24.1. The Morgan fingerprint density at radius 1 is 1.05 bits per heavy atom. The van der Waals surface area contributed by atoms with Gasteiger partial charge in [0.05, 0.1) is 27.6 Å². The van der Waals surface area contributed by atoms with E-state index in [2.05, 4.69) is 20.6 Å². The van der Waals surface area contributed by atoms with E-state index in [1.807, 2.05) is 0 Å². The predicted octanol–water partition coefficient (Wildman–Crippen LogP) is 2.99. The summed E-state index contributed by atoms with van der Waals surface area (Å²) in [6, 6.07) is 13.0. The molecule has 186 valence electrons. The van der Waals surface area contributed by atoms with Crippen molar-refractivity contribution < 1.29 is 27.5 Å². The van der Waals surface area contributed by atoms with Gasteiger partial charge in [-0.2, -0.15) is 0 Å². The predicted molar refractivity (Wildman–Crippen MR) is 133 cm³/mol. The first-order valence-electron chi connectivity index (χ1n) is 10.7. The highest BCUT2D eigenvalue weighted by Gasteiger charge is 2.31. The number of pyridine rings is 1. The third-order valence-corrected chi connectivity index (χ3v) is 8.24. The van der Waals surface area contributed by atoms with E-state index in [4.69, 9.17) is 10.5 Å². The van der Waals surface area contributed by atoms with Crippen LogP contribution in [0.4, 0.5) is 10.5 Å². The summed E-state index contributed by atoms with van der Waals surface area (Å²) in [6.45, 7) is 0.140. The van der Waals surface area contributed by atoms with E-state index in [0.29, 0.717) is 15.6 Å². The Labute approximate surface area is 214 Å². The van der Waals surface area contributed by atoms with Crippen LogP contribution in [0.25, 0.3) is 10.7 Å². The number of fused-ring (bicyclic) bond motifs is 2. The Balaban J connectivity index is 1.32. The van der Waals surface area contributed by atoms with Gasteiger partial charge in [-0.3, -0.25) is 14.6 Å². The molecule has 3 amide bonds. The minimum Gasteiger partial charge on any atom is -0.410 e. The molecular formula is C24H17N5O6S2. The number of hydrogen-bond acceptors (Lipinski definition) is 9. The van der Waals surface area contributed by atoms with Crippen LogP contribution in [-0.4, -0.2) is 36.3 Å². The second kappa shape index (κ2) is 9.44. The van der Waals surface area contributed by atoms with E-state index in [0.717, 1.165) is 0 Å². The zero-order valence-corrected chi connectivity index (χ0v) is 20.4. The molecule has 0 aliphatic carbocycles. The summed E-state index contributed by atoms with van der Waals surface area (Å²) in [5, 5.41) is 5.88. The van der Waals surface area contributed by atoms with Gasteiger partial charge in [0, 0.05) is 28.9 Å². The van der Waals surface area contributed by atoms with E-state index in [1.165, 1.54) is 60.0 Å². The number of benzene rings is 2. The van der Waals surface area contributed by atoms with E-state index < -0.39 is 27.7 Å². The number of rotatable bonds is 5. The van der Waals surface area contributed by atoms with Crippen LogP contribution in [0.15, 0.2) is 76.8 Å². The van der Waals surface area contributed by atoms with Gasteiger partial charge in [-0.05, 0) is 36.4 Å². The van der Waals surface area contributed by atoms with Crippen LogP contribution in [-0.2, 0) is 16.4 Å². The van der Waals surface area contributed by atoms with Crippen molar-refractivity contribution in [1.29, 1.82) is 0 Å². The van der Waals surface area contributed by atoms with E-state index in [-0.39, 0.29) is 38.9 Å². The Hall–Kier alpha value is -4.62. The van der Waals surface area contributed by atoms with Crippen LogP contribution in [0.5, 0.6) is 5.75 Å². The standard InChI is InChI=1S/C24H17N5O6S2/c25-24(32)35-14-7-8-26-18(10-14)23-28-12-15(36-23)11-27-21(30)13-5-6-20-17(9-13)29-22(31)16-3-1-2-4-19(16)37(20,33)34/h1-10,12H,11H2,(H2,25,32)(H,27,30)(H,29,31). The molecule has 2 aromatic carbocycles. The number of amides is 3. The first-order chi connectivity index (χ1) is 17.7. The summed E-state index contributed by atoms with van der Waals surface area (Å²) >= 11 is 1.27. The molecule has 4 N–H and O–H groups in total. The maximum absolute atomic E-state index is 13.1. The lowest BCUT2D eigenvalue weighted by atomic mass is 10.1. The molecule has 0 bridgehead atoms. The molecule has 0 saturated heterocycles. The highest BCUT2D eigenvalue weighted by molar-refractivity contribution is 7.91. The highest BCUT2D eigenvalue weighted by atomic mass is 32.2. The number of anilines is 1. The fraction of sp³-hybridized carbons (Fsp3) is 0.0417. The number of hydrogen-bond donors (Lipinski definition) is 3. The molecule has 11 nitrogen and oxygen atoms in total. The smallest absolute Gasteiger partial charge is 0.409 e. The monoisotopic (exact) mass is 535 g/mol. The fourth-order valence-corrected chi connectivity index (χ4v) is 6.10. The van der Waals surface area contributed by atoms with Gasteiger partial charge in [-0.15, -0.1) is 11.3 Å². The Kier molecular flexibility index (Phi) is 6.15. The largest absolute Gasteiger partial charge is 0.410 e. The van der Waals surface area contributed by atoms with Crippen LogP contribution in [0, 0.1) is 0 Å². The average Bonchev–Trinajstić information content (AvgIpc) is 3.33. The molecule has 5 rings (SSSR count). The molecule has 0 radical (unpaired) electrons. The summed E-state index contributed by atoms with van der Waals surface area (Å²) in [4.78, 5) is 45.4. The van der Waals surface area contributed by atoms with Crippen molar-refractivity contribution in [2.45, 2.75) is 16.3 Å². The van der Waals surface area contributed by atoms with Gasteiger partial charge >= 0.3 is 6.09 Å². The lowest BCUT2D eigenvalue weighted by molar-refractivity contribution is 0.0949. The van der Waals surface area contributed by atoms with Gasteiger partial charge in [0.25, 0.3) is 11.8 Å². The minimum atomic E-state index is -3.96. The number of thiazole rings is 1. The molecular weight excluding hydrogens is 518 g/mol. The molecule has 4 aromatic rings. The molecule has 0 saturated carbocycles. The second-order valence-corrected chi connectivity index (χ2v) is 10.8. The van der Waals surface area contributed by atoms with Crippen molar-refractivity contribution in [2.24, 2.45) is 5.73 Å². The Bertz CT molecular complexity index is 1680. The van der Waals surface area contributed by atoms with Gasteiger partial charge in [0.1, 0.15) is 16.5 Å². The Morgan fingerprint density at radius 3 is 2.68 bits per heavy atom. The van der Waals surface area contributed by atoms with Crippen molar-refractivity contribution in [2.75, 3.05) is 5.32 Å². The van der Waals surface area contributed by atoms with E-state index in [1.54, 1.807) is 18.3 Å². The van der Waals surface area contributed by atoms with Crippen molar-refractivity contribution >= 4 is 44.8 Å². The van der Waals surface area contributed by atoms with Gasteiger partial charge < -0.3 is 21.1 Å². The van der Waals surface area contributed by atoms with E-state index >= 15 is 0 Å². The average molecular weight is 536 g/mol.